The molecular formula is C24H30N2O2. The van der Waals surface area contributed by atoms with Gasteiger partial charge in [-0.1, -0.05) is 36.8 Å². The summed E-state index contributed by atoms with van der Waals surface area (Å²) in [4.78, 5) is 14.8. The van der Waals surface area contributed by atoms with Gasteiger partial charge in [-0.3, -0.25) is 4.79 Å². The number of nitrogens with one attached hydrogen (secondary N) is 1. The maximum atomic E-state index is 12.6. The van der Waals surface area contributed by atoms with E-state index < -0.39 is 0 Å². The Morgan fingerprint density at radius 3 is 2.50 bits per heavy atom. The van der Waals surface area contributed by atoms with Crippen LogP contribution in [0.4, 0.5) is 0 Å². The van der Waals surface area contributed by atoms with Crippen molar-refractivity contribution in [1.29, 1.82) is 0 Å². The van der Waals surface area contributed by atoms with Gasteiger partial charge in [0.2, 0.25) is 0 Å². The van der Waals surface area contributed by atoms with E-state index >= 15 is 0 Å². The number of aliphatic hydroxyl groups excluding tert-OH is 1. The fourth-order valence-electron chi connectivity index (χ4n) is 5.00. The van der Waals surface area contributed by atoms with Gasteiger partial charge in [0.25, 0.3) is 5.91 Å². The standard InChI is InChI=1S/C24H30N2O2/c1-26(2)14-17-4-10-22(21(12-17)15-27)18-6-8-19(9-7-18)24(28)25-23-13-16-3-5-20(23)11-16/h4,6-10,12,16,20,23,27H,3,5,11,13-15H2,1-2H3,(H,25,28)/t16-,20+,23-/m1/s1. The molecule has 2 N–H and O–H groups in total. The molecule has 2 aliphatic rings. The van der Waals surface area contributed by atoms with Gasteiger partial charge in [-0.2, -0.15) is 0 Å². The van der Waals surface area contributed by atoms with Crippen molar-refractivity contribution in [3.8, 4) is 11.1 Å². The minimum absolute atomic E-state index is 0.00305. The van der Waals surface area contributed by atoms with Crippen LogP contribution in [-0.4, -0.2) is 36.1 Å². The Morgan fingerprint density at radius 1 is 1.11 bits per heavy atom. The van der Waals surface area contributed by atoms with Crippen LogP contribution in [0.3, 0.4) is 0 Å². The Balaban J connectivity index is 1.47. The maximum Gasteiger partial charge on any atom is 0.251 e. The van der Waals surface area contributed by atoms with E-state index in [1.54, 1.807) is 0 Å². The lowest BCUT2D eigenvalue weighted by molar-refractivity contribution is 0.0923. The van der Waals surface area contributed by atoms with Crippen molar-refractivity contribution in [3.05, 3.63) is 59.2 Å². The lowest BCUT2D eigenvalue weighted by Crippen LogP contribution is -2.38. The summed E-state index contributed by atoms with van der Waals surface area (Å²) in [7, 11) is 4.07. The van der Waals surface area contributed by atoms with Crippen LogP contribution < -0.4 is 5.32 Å². The van der Waals surface area contributed by atoms with E-state index in [0.717, 1.165) is 35.6 Å². The van der Waals surface area contributed by atoms with Crippen LogP contribution in [0, 0.1) is 11.8 Å². The highest BCUT2D eigenvalue weighted by Crippen LogP contribution is 2.44. The number of carbonyl (C=O) groups is 1. The molecule has 0 unspecified atom stereocenters. The molecule has 2 aromatic carbocycles. The van der Waals surface area contributed by atoms with Gasteiger partial charge in [0.15, 0.2) is 0 Å². The molecule has 28 heavy (non-hydrogen) atoms. The topological polar surface area (TPSA) is 52.6 Å². The zero-order valence-electron chi connectivity index (χ0n) is 16.8. The summed E-state index contributed by atoms with van der Waals surface area (Å²) < 4.78 is 0. The van der Waals surface area contributed by atoms with E-state index in [-0.39, 0.29) is 12.5 Å². The molecule has 148 valence electrons. The molecular weight excluding hydrogens is 348 g/mol. The second kappa shape index (κ2) is 8.06. The largest absolute Gasteiger partial charge is 0.392 e. The van der Waals surface area contributed by atoms with Gasteiger partial charge in [0.05, 0.1) is 6.61 Å². The Morgan fingerprint density at radius 2 is 1.89 bits per heavy atom. The third-order valence-corrected chi connectivity index (χ3v) is 6.35. The average Bonchev–Trinajstić information content (AvgIpc) is 3.30. The van der Waals surface area contributed by atoms with Gasteiger partial charge in [0, 0.05) is 18.2 Å². The van der Waals surface area contributed by atoms with E-state index in [4.69, 9.17) is 0 Å². The van der Waals surface area contributed by atoms with Crippen LogP contribution in [0.25, 0.3) is 11.1 Å². The maximum absolute atomic E-state index is 12.6. The lowest BCUT2D eigenvalue weighted by Gasteiger charge is -2.23. The molecule has 1 amide bonds. The minimum atomic E-state index is 0.00305. The first-order chi connectivity index (χ1) is 13.5. The number of nitrogens with zero attached hydrogens (tertiary/aromatic N) is 1. The molecule has 0 heterocycles. The predicted molar refractivity (Wildman–Crippen MR) is 112 cm³/mol. The summed E-state index contributed by atoms with van der Waals surface area (Å²) in [6.07, 6.45) is 5.04. The van der Waals surface area contributed by atoms with Crippen LogP contribution in [0.5, 0.6) is 0 Å². The smallest absolute Gasteiger partial charge is 0.251 e. The second-order valence-corrected chi connectivity index (χ2v) is 8.72. The van der Waals surface area contributed by atoms with Crippen molar-refractivity contribution in [2.24, 2.45) is 11.8 Å². The summed E-state index contributed by atoms with van der Waals surface area (Å²) in [5.74, 6) is 1.54. The molecule has 0 radical (unpaired) electrons. The Kier molecular flexibility index (Phi) is 5.51. The number of amides is 1. The molecule has 4 rings (SSSR count). The van der Waals surface area contributed by atoms with Gasteiger partial charge in [-0.05, 0) is 79.6 Å². The SMILES string of the molecule is CN(C)Cc1ccc(-c2ccc(C(=O)N[C@@H]3C[C@@H]4CC[C@H]3C4)cc2)c(CO)c1. The van der Waals surface area contributed by atoms with Crippen LogP contribution in [-0.2, 0) is 13.2 Å². The van der Waals surface area contributed by atoms with Crippen LogP contribution in [0.1, 0.15) is 47.2 Å². The number of hydrogen-bond acceptors (Lipinski definition) is 3. The Bertz CT molecular complexity index is 844. The zero-order chi connectivity index (χ0) is 19.7. The molecule has 0 saturated heterocycles. The fourth-order valence-corrected chi connectivity index (χ4v) is 5.00. The number of rotatable bonds is 6. The fraction of sp³-hybridized carbons (Fsp3) is 0.458. The highest BCUT2D eigenvalue weighted by atomic mass is 16.3. The number of carbonyl (C=O) groups excluding carboxylic acids is 1. The number of fused-ring (bicyclic) bond motifs is 2. The van der Waals surface area contributed by atoms with Gasteiger partial charge in [-0.15, -0.1) is 0 Å². The van der Waals surface area contributed by atoms with E-state index in [0.29, 0.717) is 17.5 Å². The molecule has 3 atom stereocenters. The molecule has 2 aliphatic carbocycles. The van der Waals surface area contributed by atoms with Crippen molar-refractivity contribution in [2.75, 3.05) is 14.1 Å². The summed E-state index contributed by atoms with van der Waals surface area (Å²) in [5, 5.41) is 13.1. The van der Waals surface area contributed by atoms with Crippen molar-refractivity contribution >= 4 is 5.91 Å². The number of benzene rings is 2. The molecule has 2 bridgehead atoms. The summed E-state index contributed by atoms with van der Waals surface area (Å²) in [5.41, 5.74) is 4.85. The molecule has 0 aromatic heterocycles. The Labute approximate surface area is 167 Å². The highest BCUT2D eigenvalue weighted by molar-refractivity contribution is 5.95. The molecule has 0 spiro atoms. The molecule has 2 aromatic rings. The van der Waals surface area contributed by atoms with Crippen molar-refractivity contribution < 1.29 is 9.90 Å². The van der Waals surface area contributed by atoms with Gasteiger partial charge < -0.3 is 15.3 Å². The van der Waals surface area contributed by atoms with Gasteiger partial charge in [-0.25, -0.2) is 0 Å². The van der Waals surface area contributed by atoms with E-state index in [1.807, 2.05) is 38.4 Å². The number of aliphatic hydroxyl groups is 1. The van der Waals surface area contributed by atoms with Crippen molar-refractivity contribution in [1.82, 2.24) is 10.2 Å². The van der Waals surface area contributed by atoms with Crippen molar-refractivity contribution in [3.63, 3.8) is 0 Å². The van der Waals surface area contributed by atoms with Gasteiger partial charge in [0.1, 0.15) is 0 Å². The molecule has 0 aliphatic heterocycles. The molecule has 2 saturated carbocycles. The highest BCUT2D eigenvalue weighted by Gasteiger charge is 2.40. The summed E-state index contributed by atoms with van der Waals surface area (Å²) in [6.45, 7) is 0.846. The second-order valence-electron chi connectivity index (χ2n) is 8.72. The van der Waals surface area contributed by atoms with Crippen LogP contribution in [0.2, 0.25) is 0 Å². The molecule has 2 fully saturated rings. The van der Waals surface area contributed by atoms with E-state index in [9.17, 15) is 9.90 Å². The zero-order valence-corrected chi connectivity index (χ0v) is 16.8. The molecule has 4 nitrogen and oxygen atoms in total. The van der Waals surface area contributed by atoms with Crippen LogP contribution in [0.15, 0.2) is 42.5 Å². The number of hydrogen-bond donors (Lipinski definition) is 2. The quantitative estimate of drug-likeness (QED) is 0.803. The van der Waals surface area contributed by atoms with Crippen molar-refractivity contribution in [2.45, 2.75) is 44.9 Å². The van der Waals surface area contributed by atoms with Gasteiger partial charge >= 0.3 is 0 Å². The summed E-state index contributed by atoms with van der Waals surface area (Å²) >= 11 is 0. The molecule has 4 heteroatoms. The normalized spacial score (nSPS) is 23.4. The third-order valence-electron chi connectivity index (χ3n) is 6.35. The minimum Gasteiger partial charge on any atom is -0.392 e. The predicted octanol–water partition coefficient (Wildman–Crippen LogP) is 3.83. The van der Waals surface area contributed by atoms with Crippen LogP contribution >= 0.6 is 0 Å². The first kappa shape index (κ1) is 19.2. The lowest BCUT2D eigenvalue weighted by atomic mass is 9.94. The first-order valence-electron chi connectivity index (χ1n) is 10.3. The van der Waals surface area contributed by atoms with E-state index in [2.05, 4.69) is 28.4 Å². The first-order valence-corrected chi connectivity index (χ1v) is 10.3. The third kappa shape index (κ3) is 3.98. The summed E-state index contributed by atoms with van der Waals surface area (Å²) in [6, 6.07) is 14.3. The monoisotopic (exact) mass is 378 g/mol. The Hall–Kier alpha value is -2.17. The average molecular weight is 379 g/mol. The van der Waals surface area contributed by atoms with E-state index in [1.165, 1.54) is 24.8 Å².